The summed E-state index contributed by atoms with van der Waals surface area (Å²) in [5.41, 5.74) is 2.17. The molecule has 1 heterocycles. The van der Waals surface area contributed by atoms with Crippen molar-refractivity contribution in [3.05, 3.63) is 59.2 Å². The molecule has 3 rings (SSSR count). The maximum Gasteiger partial charge on any atom is 0.248 e. The third-order valence-corrected chi connectivity index (χ3v) is 6.41. The first-order chi connectivity index (χ1) is 17.2. The Hall–Kier alpha value is -2.65. The van der Waals surface area contributed by atoms with Gasteiger partial charge in [0.1, 0.15) is 36.9 Å². The van der Waals surface area contributed by atoms with E-state index in [1.165, 1.54) is 12.7 Å². The fourth-order valence-corrected chi connectivity index (χ4v) is 4.25. The van der Waals surface area contributed by atoms with E-state index in [1.807, 2.05) is 57.4 Å². The largest absolute Gasteiger partial charge is 0.492 e. The summed E-state index contributed by atoms with van der Waals surface area (Å²) in [6.45, 7) is 7.94. The van der Waals surface area contributed by atoms with Gasteiger partial charge in [0, 0.05) is 39.8 Å². The van der Waals surface area contributed by atoms with Crippen molar-refractivity contribution >= 4 is 5.91 Å². The van der Waals surface area contributed by atoms with Crippen LogP contribution in [0.3, 0.4) is 0 Å². The Bertz CT molecular complexity index is 999. The fourth-order valence-electron chi connectivity index (χ4n) is 4.25. The van der Waals surface area contributed by atoms with Crippen LogP contribution in [0.15, 0.2) is 42.5 Å². The quantitative estimate of drug-likeness (QED) is 0.509. The van der Waals surface area contributed by atoms with Crippen LogP contribution in [0.4, 0.5) is 0 Å². The molecular formula is C28H41N3O5. The number of nitrogens with zero attached hydrogens (tertiary/aromatic N) is 3. The molecule has 1 amide bonds. The number of hydrogen-bond donors (Lipinski definition) is 1. The predicted octanol–water partition coefficient (Wildman–Crippen LogP) is 2.34. The van der Waals surface area contributed by atoms with Crippen LogP contribution in [0.1, 0.15) is 16.7 Å². The Morgan fingerprint density at radius 2 is 1.81 bits per heavy atom. The van der Waals surface area contributed by atoms with Crippen LogP contribution in [0, 0.1) is 13.8 Å². The highest BCUT2D eigenvalue weighted by Gasteiger charge is 2.37. The summed E-state index contributed by atoms with van der Waals surface area (Å²) in [7, 11) is 5.54. The average Bonchev–Trinajstić information content (AvgIpc) is 2.99. The third-order valence-electron chi connectivity index (χ3n) is 6.41. The summed E-state index contributed by atoms with van der Waals surface area (Å²) < 4.78 is 17.0. The molecule has 0 bridgehead atoms. The minimum atomic E-state index is -1.24. The van der Waals surface area contributed by atoms with E-state index < -0.39 is 5.60 Å². The highest BCUT2D eigenvalue weighted by Crippen LogP contribution is 2.22. The zero-order valence-corrected chi connectivity index (χ0v) is 22.3. The highest BCUT2D eigenvalue weighted by atomic mass is 16.5. The van der Waals surface area contributed by atoms with Gasteiger partial charge in [-0.05, 0) is 68.9 Å². The second-order valence-electron chi connectivity index (χ2n) is 10.0. The Labute approximate surface area is 215 Å². The fraction of sp³-hybridized carbons (Fsp3) is 0.536. The zero-order chi connectivity index (χ0) is 26.1. The van der Waals surface area contributed by atoms with Crippen LogP contribution in [0.25, 0.3) is 0 Å². The van der Waals surface area contributed by atoms with Gasteiger partial charge in [-0.2, -0.15) is 0 Å². The number of methoxy groups -OCH3 is 1. The molecule has 1 unspecified atom stereocenters. The van der Waals surface area contributed by atoms with Crippen molar-refractivity contribution in [3.63, 3.8) is 0 Å². The van der Waals surface area contributed by atoms with Crippen LogP contribution < -0.4 is 9.47 Å². The molecule has 1 atom stereocenters. The lowest BCUT2D eigenvalue weighted by molar-refractivity contribution is -0.138. The number of amides is 1. The summed E-state index contributed by atoms with van der Waals surface area (Å²) in [4.78, 5) is 18.6. The minimum absolute atomic E-state index is 0.0135. The Morgan fingerprint density at radius 3 is 2.53 bits per heavy atom. The molecule has 36 heavy (non-hydrogen) atoms. The van der Waals surface area contributed by atoms with Gasteiger partial charge in [-0.3, -0.25) is 9.69 Å². The number of benzene rings is 2. The van der Waals surface area contributed by atoms with E-state index in [2.05, 4.69) is 22.8 Å². The van der Waals surface area contributed by atoms with Gasteiger partial charge in [-0.25, -0.2) is 0 Å². The van der Waals surface area contributed by atoms with E-state index >= 15 is 0 Å². The number of rotatable bonds is 11. The van der Waals surface area contributed by atoms with Crippen molar-refractivity contribution in [1.29, 1.82) is 0 Å². The molecule has 1 aliphatic rings. The van der Waals surface area contributed by atoms with E-state index in [0.717, 1.165) is 23.4 Å². The van der Waals surface area contributed by atoms with E-state index in [-0.39, 0.29) is 25.7 Å². The number of aryl methyl sites for hydroxylation is 2. The van der Waals surface area contributed by atoms with Crippen LogP contribution >= 0.6 is 0 Å². The molecule has 1 saturated heterocycles. The summed E-state index contributed by atoms with van der Waals surface area (Å²) >= 11 is 0. The van der Waals surface area contributed by atoms with Crippen molar-refractivity contribution < 1.29 is 24.1 Å². The maximum absolute atomic E-state index is 12.7. The lowest BCUT2D eigenvalue weighted by atomic mass is 10.0. The zero-order valence-electron chi connectivity index (χ0n) is 22.3. The summed E-state index contributed by atoms with van der Waals surface area (Å²) in [5, 5.41) is 11.7. The molecule has 0 saturated carbocycles. The van der Waals surface area contributed by atoms with Crippen molar-refractivity contribution in [2.24, 2.45) is 0 Å². The van der Waals surface area contributed by atoms with Crippen molar-refractivity contribution in [2.45, 2.75) is 26.0 Å². The predicted molar refractivity (Wildman–Crippen MR) is 141 cm³/mol. The van der Waals surface area contributed by atoms with Gasteiger partial charge in [-0.15, -0.1) is 0 Å². The van der Waals surface area contributed by atoms with Gasteiger partial charge < -0.3 is 29.1 Å². The third kappa shape index (κ3) is 8.48. The second kappa shape index (κ2) is 13.1. The smallest absolute Gasteiger partial charge is 0.248 e. The summed E-state index contributed by atoms with van der Waals surface area (Å²) in [5.74, 6) is 1.40. The van der Waals surface area contributed by atoms with Crippen molar-refractivity contribution in [2.75, 3.05) is 73.7 Å². The number of carbonyl (C=O) groups is 1. The Kier molecular flexibility index (Phi) is 10.1. The molecule has 0 radical (unpaired) electrons. The van der Waals surface area contributed by atoms with E-state index in [0.29, 0.717) is 38.5 Å². The van der Waals surface area contributed by atoms with E-state index in [4.69, 9.17) is 14.2 Å². The molecular weight excluding hydrogens is 458 g/mol. The van der Waals surface area contributed by atoms with Crippen LogP contribution in [0.2, 0.25) is 0 Å². The van der Waals surface area contributed by atoms with Gasteiger partial charge in [0.2, 0.25) is 5.91 Å². The van der Waals surface area contributed by atoms with Crippen LogP contribution in [-0.2, 0) is 16.1 Å². The first kappa shape index (κ1) is 27.9. The van der Waals surface area contributed by atoms with Gasteiger partial charge in [-0.1, -0.05) is 18.2 Å². The highest BCUT2D eigenvalue weighted by molar-refractivity contribution is 5.77. The molecule has 1 aliphatic heterocycles. The second-order valence-corrected chi connectivity index (χ2v) is 10.0. The van der Waals surface area contributed by atoms with Crippen molar-refractivity contribution in [1.82, 2.24) is 14.7 Å². The average molecular weight is 500 g/mol. The molecule has 1 N–H and O–H groups in total. The Balaban J connectivity index is 1.72. The maximum atomic E-state index is 12.7. The number of carbonyl (C=O) groups excluding carboxylic acids is 1. The number of β-amino-alcohol motifs (C(OH)–C–C–N with tert-alkyl or cyclic N) is 1. The molecule has 0 aliphatic carbocycles. The van der Waals surface area contributed by atoms with E-state index in [9.17, 15) is 9.90 Å². The van der Waals surface area contributed by atoms with Crippen molar-refractivity contribution in [3.8, 4) is 11.5 Å². The number of likely N-dealkylation sites (N-methyl/N-ethyl adjacent to an activating group) is 1. The monoisotopic (exact) mass is 499 g/mol. The molecule has 0 spiro atoms. The number of ether oxygens (including phenoxy) is 3. The van der Waals surface area contributed by atoms with Gasteiger partial charge in [0.25, 0.3) is 0 Å². The first-order valence-electron chi connectivity index (χ1n) is 12.5. The van der Waals surface area contributed by atoms with E-state index in [1.54, 1.807) is 4.90 Å². The lowest BCUT2D eigenvalue weighted by Gasteiger charge is -2.33. The molecule has 1 fully saturated rings. The minimum Gasteiger partial charge on any atom is -0.492 e. The number of hydrogen-bond acceptors (Lipinski definition) is 7. The summed E-state index contributed by atoms with van der Waals surface area (Å²) in [6, 6.07) is 13.9. The number of aliphatic hydroxyl groups is 1. The molecule has 8 heteroatoms. The topological polar surface area (TPSA) is 74.7 Å². The first-order valence-corrected chi connectivity index (χ1v) is 12.5. The molecule has 2 aromatic rings. The lowest BCUT2D eigenvalue weighted by Crippen LogP contribution is -2.52. The van der Waals surface area contributed by atoms with Crippen LogP contribution in [0.5, 0.6) is 11.5 Å². The summed E-state index contributed by atoms with van der Waals surface area (Å²) in [6.07, 6.45) is 0. The normalized spacial score (nSPS) is 18.8. The van der Waals surface area contributed by atoms with Crippen LogP contribution in [-0.4, -0.2) is 105 Å². The van der Waals surface area contributed by atoms with Gasteiger partial charge >= 0.3 is 0 Å². The SMILES string of the molecule is COCC(=O)N1CCN(Cc2cccc(OCCN(C)C)c2)CC(O)(COc2ccc(C)c(C)c2)C1. The molecule has 198 valence electrons. The van der Waals surface area contributed by atoms with Gasteiger partial charge in [0.05, 0.1) is 6.54 Å². The molecule has 2 aromatic carbocycles. The molecule has 8 nitrogen and oxygen atoms in total. The standard InChI is InChI=1S/C28H41N3O5/c1-22-9-10-26(15-23(22)2)36-21-28(33)19-30(11-12-31(20-28)27(32)18-34-5)17-24-7-6-8-25(16-24)35-14-13-29(3)4/h6-10,15-16,33H,11-14,17-21H2,1-5H3. The molecule has 0 aromatic heterocycles. The Morgan fingerprint density at radius 1 is 1.03 bits per heavy atom. The van der Waals surface area contributed by atoms with Gasteiger partial charge in [0.15, 0.2) is 0 Å².